The molecule has 1 aliphatic heterocycles. The molecule has 1 fully saturated rings. The molecule has 8 heteroatoms. The lowest BCUT2D eigenvalue weighted by atomic mass is 10.1. The Labute approximate surface area is 160 Å². The molecule has 1 saturated heterocycles. The fourth-order valence-electron chi connectivity index (χ4n) is 3.05. The Morgan fingerprint density at radius 2 is 1.93 bits per heavy atom. The number of hydrogen-bond acceptors (Lipinski definition) is 5. The second kappa shape index (κ2) is 7.79. The van der Waals surface area contributed by atoms with Crippen LogP contribution in [0.15, 0.2) is 52.3 Å². The molecule has 0 aliphatic carbocycles. The number of benzene rings is 2. The summed E-state index contributed by atoms with van der Waals surface area (Å²) in [5.41, 5.74) is 1.05. The highest BCUT2D eigenvalue weighted by atomic mass is 32.2. The van der Waals surface area contributed by atoms with Crippen molar-refractivity contribution in [2.45, 2.75) is 35.6 Å². The quantitative estimate of drug-likeness (QED) is 0.620. The number of carboxylic acids is 1. The van der Waals surface area contributed by atoms with E-state index in [1.54, 1.807) is 6.07 Å². The van der Waals surface area contributed by atoms with Gasteiger partial charge in [-0.2, -0.15) is 0 Å². The van der Waals surface area contributed by atoms with Crippen molar-refractivity contribution in [2.75, 3.05) is 6.54 Å². The molecule has 2 aromatic carbocycles. The molecule has 1 N–H and O–H groups in total. The molecule has 0 bridgehead atoms. The van der Waals surface area contributed by atoms with E-state index >= 15 is 0 Å². The molecule has 1 unspecified atom stereocenters. The lowest BCUT2D eigenvalue weighted by Crippen LogP contribution is -2.40. The van der Waals surface area contributed by atoms with Crippen molar-refractivity contribution in [3.05, 3.63) is 63.7 Å². The van der Waals surface area contributed by atoms with Gasteiger partial charge in [-0.25, -0.2) is 4.79 Å². The van der Waals surface area contributed by atoms with Gasteiger partial charge in [0.2, 0.25) is 0 Å². The van der Waals surface area contributed by atoms with E-state index in [2.05, 4.69) is 0 Å². The van der Waals surface area contributed by atoms with E-state index in [0.29, 0.717) is 24.3 Å². The van der Waals surface area contributed by atoms with Crippen LogP contribution in [0.4, 0.5) is 5.69 Å². The number of nitrogens with zero attached hydrogens (tertiary/aromatic N) is 2. The van der Waals surface area contributed by atoms with Crippen LogP contribution >= 0.6 is 11.8 Å². The molecule has 1 aliphatic rings. The van der Waals surface area contributed by atoms with Gasteiger partial charge in [-0.3, -0.25) is 14.9 Å². The molecule has 0 aromatic heterocycles. The number of amides is 1. The lowest BCUT2D eigenvalue weighted by molar-refractivity contribution is -0.387. The molecule has 0 saturated carbocycles. The summed E-state index contributed by atoms with van der Waals surface area (Å²) in [5, 5.41) is 20.8. The molecule has 0 spiro atoms. The average Bonchev–Trinajstić information content (AvgIpc) is 3.13. The minimum absolute atomic E-state index is 0.128. The van der Waals surface area contributed by atoms with E-state index in [9.17, 15) is 24.8 Å². The van der Waals surface area contributed by atoms with Gasteiger partial charge in [0.1, 0.15) is 6.04 Å². The van der Waals surface area contributed by atoms with Crippen LogP contribution in [0.25, 0.3) is 0 Å². The van der Waals surface area contributed by atoms with Crippen LogP contribution in [0.2, 0.25) is 0 Å². The predicted octanol–water partition coefficient (Wildman–Crippen LogP) is 3.74. The van der Waals surface area contributed by atoms with Crippen molar-refractivity contribution in [1.82, 2.24) is 4.90 Å². The van der Waals surface area contributed by atoms with E-state index in [4.69, 9.17) is 0 Å². The fourth-order valence-corrected chi connectivity index (χ4v) is 3.95. The Balaban J connectivity index is 1.89. The largest absolute Gasteiger partial charge is 0.480 e. The van der Waals surface area contributed by atoms with Crippen LogP contribution in [-0.4, -0.2) is 39.4 Å². The Morgan fingerprint density at radius 3 is 2.56 bits per heavy atom. The first kappa shape index (κ1) is 18.9. The van der Waals surface area contributed by atoms with Crippen molar-refractivity contribution in [3.63, 3.8) is 0 Å². The number of aliphatic carboxylic acids is 1. The summed E-state index contributed by atoms with van der Waals surface area (Å²) in [6.45, 7) is 2.30. The Hall–Kier alpha value is -2.87. The highest BCUT2D eigenvalue weighted by Crippen LogP contribution is 2.36. The van der Waals surface area contributed by atoms with Crippen molar-refractivity contribution in [2.24, 2.45) is 0 Å². The van der Waals surface area contributed by atoms with Gasteiger partial charge >= 0.3 is 5.97 Å². The zero-order valence-corrected chi connectivity index (χ0v) is 15.4. The van der Waals surface area contributed by atoms with Crippen LogP contribution in [0.1, 0.15) is 28.8 Å². The fraction of sp³-hybridized carbons (Fsp3) is 0.263. The summed E-state index contributed by atoms with van der Waals surface area (Å²) in [4.78, 5) is 37.5. The van der Waals surface area contributed by atoms with Crippen molar-refractivity contribution in [3.8, 4) is 0 Å². The summed E-state index contributed by atoms with van der Waals surface area (Å²) in [6, 6.07) is 11.0. The van der Waals surface area contributed by atoms with Gasteiger partial charge in [0.25, 0.3) is 11.6 Å². The van der Waals surface area contributed by atoms with Crippen molar-refractivity contribution < 1.29 is 19.6 Å². The van der Waals surface area contributed by atoms with Gasteiger partial charge in [-0.15, -0.1) is 0 Å². The van der Waals surface area contributed by atoms with Gasteiger partial charge in [-0.05, 0) is 44.0 Å². The highest BCUT2D eigenvalue weighted by Gasteiger charge is 2.35. The number of rotatable bonds is 5. The number of nitro groups is 1. The molecule has 0 radical (unpaired) electrons. The highest BCUT2D eigenvalue weighted by molar-refractivity contribution is 7.99. The van der Waals surface area contributed by atoms with E-state index in [-0.39, 0.29) is 11.3 Å². The van der Waals surface area contributed by atoms with Crippen LogP contribution < -0.4 is 0 Å². The molecule has 7 nitrogen and oxygen atoms in total. The first-order valence-electron chi connectivity index (χ1n) is 8.43. The third kappa shape index (κ3) is 4.11. The van der Waals surface area contributed by atoms with Crippen LogP contribution in [0, 0.1) is 17.0 Å². The average molecular weight is 386 g/mol. The number of carboxylic acid groups (broad SMARTS) is 1. The van der Waals surface area contributed by atoms with Crippen molar-refractivity contribution in [1.29, 1.82) is 0 Å². The first-order valence-corrected chi connectivity index (χ1v) is 9.25. The van der Waals surface area contributed by atoms with Crippen LogP contribution in [0.3, 0.4) is 0 Å². The van der Waals surface area contributed by atoms with Gasteiger partial charge in [0.15, 0.2) is 0 Å². The zero-order chi connectivity index (χ0) is 19.6. The van der Waals surface area contributed by atoms with Gasteiger partial charge in [0.05, 0.1) is 9.82 Å². The summed E-state index contributed by atoms with van der Waals surface area (Å²) in [7, 11) is 0. The van der Waals surface area contributed by atoms with Gasteiger partial charge < -0.3 is 10.0 Å². The Morgan fingerprint density at radius 1 is 1.22 bits per heavy atom. The van der Waals surface area contributed by atoms with Crippen molar-refractivity contribution >= 4 is 29.3 Å². The maximum atomic E-state index is 12.7. The normalized spacial score (nSPS) is 16.3. The molecule has 1 heterocycles. The molecular weight excluding hydrogens is 368 g/mol. The van der Waals surface area contributed by atoms with E-state index < -0.39 is 22.8 Å². The number of carbonyl (C=O) groups is 2. The van der Waals surface area contributed by atoms with Gasteiger partial charge in [-0.1, -0.05) is 29.5 Å². The van der Waals surface area contributed by atoms with Crippen LogP contribution in [0.5, 0.6) is 0 Å². The van der Waals surface area contributed by atoms with E-state index in [1.165, 1.54) is 28.8 Å². The molecule has 3 rings (SSSR count). The molecule has 1 amide bonds. The SMILES string of the molecule is Cc1ccc(Sc2ccc(C(=O)N3CCCC3C(=O)O)cc2[N+](=O)[O-])cc1. The predicted molar refractivity (Wildman–Crippen MR) is 100 cm³/mol. The Bertz CT molecular complexity index is 897. The standard InChI is InChI=1S/C19H18N2O5S/c1-12-4-7-14(8-5-12)27-17-9-6-13(11-16(17)21(25)26)18(22)20-10-2-3-15(20)19(23)24/h4-9,11,15H,2-3,10H2,1H3,(H,23,24). The summed E-state index contributed by atoms with van der Waals surface area (Å²) in [5.74, 6) is -1.54. The number of nitro benzene ring substituents is 1. The number of carbonyl (C=O) groups excluding carboxylic acids is 1. The summed E-state index contributed by atoms with van der Waals surface area (Å²) in [6.07, 6.45) is 0.997. The molecule has 1 atom stereocenters. The van der Waals surface area contributed by atoms with E-state index in [0.717, 1.165) is 10.5 Å². The van der Waals surface area contributed by atoms with E-state index in [1.807, 2.05) is 31.2 Å². The second-order valence-electron chi connectivity index (χ2n) is 6.35. The van der Waals surface area contributed by atoms with Crippen LogP contribution in [-0.2, 0) is 4.79 Å². The molecule has 140 valence electrons. The number of aryl methyl sites for hydroxylation is 1. The molecule has 27 heavy (non-hydrogen) atoms. The minimum Gasteiger partial charge on any atom is -0.480 e. The third-order valence-corrected chi connectivity index (χ3v) is 5.52. The number of hydrogen-bond donors (Lipinski definition) is 1. The summed E-state index contributed by atoms with van der Waals surface area (Å²) < 4.78 is 0. The molecule has 2 aromatic rings. The lowest BCUT2D eigenvalue weighted by Gasteiger charge is -2.21. The monoisotopic (exact) mass is 386 g/mol. The topological polar surface area (TPSA) is 101 Å². The minimum atomic E-state index is -1.05. The first-order chi connectivity index (χ1) is 12.9. The summed E-state index contributed by atoms with van der Waals surface area (Å²) >= 11 is 1.25. The smallest absolute Gasteiger partial charge is 0.326 e. The second-order valence-corrected chi connectivity index (χ2v) is 7.46. The van der Waals surface area contributed by atoms with Gasteiger partial charge in [0, 0.05) is 23.1 Å². The molecular formula is C19H18N2O5S. The zero-order valence-electron chi connectivity index (χ0n) is 14.6. The maximum Gasteiger partial charge on any atom is 0.326 e. The Kier molecular flexibility index (Phi) is 5.46. The maximum absolute atomic E-state index is 12.7. The number of likely N-dealkylation sites (tertiary alicyclic amines) is 1. The third-order valence-electron chi connectivity index (χ3n) is 4.45.